The van der Waals surface area contributed by atoms with E-state index in [1.165, 1.54) is 12.1 Å². The Morgan fingerprint density at radius 2 is 2.05 bits per heavy atom. The maximum absolute atomic E-state index is 13.6. The van der Waals surface area contributed by atoms with Crippen LogP contribution < -0.4 is 4.74 Å². The summed E-state index contributed by atoms with van der Waals surface area (Å²) in [5.41, 5.74) is 0. The molecule has 0 radical (unpaired) electrons. The molecule has 5 nitrogen and oxygen atoms in total. The third-order valence-corrected chi connectivity index (χ3v) is 3.88. The highest BCUT2D eigenvalue weighted by molar-refractivity contribution is 9.10. The zero-order chi connectivity index (χ0) is 15.2. The van der Waals surface area contributed by atoms with Crippen LogP contribution in [0.15, 0.2) is 22.7 Å². The predicted molar refractivity (Wildman–Crippen MR) is 79.7 cm³/mol. The highest BCUT2D eigenvalue weighted by Gasteiger charge is 2.21. The topological polar surface area (TPSA) is 53.0 Å². The third kappa shape index (κ3) is 4.66. The number of piperazine rings is 1. The summed E-state index contributed by atoms with van der Waals surface area (Å²) >= 11 is 3.16. The first-order valence-corrected chi connectivity index (χ1v) is 7.58. The van der Waals surface area contributed by atoms with Gasteiger partial charge < -0.3 is 14.7 Å². The lowest BCUT2D eigenvalue weighted by Crippen LogP contribution is -2.50. The lowest BCUT2D eigenvalue weighted by molar-refractivity contribution is -0.135. The van der Waals surface area contributed by atoms with Crippen LogP contribution in [0.4, 0.5) is 4.39 Å². The van der Waals surface area contributed by atoms with Gasteiger partial charge in [0.2, 0.25) is 0 Å². The molecule has 0 spiro atoms. The second-order valence-corrected chi connectivity index (χ2v) is 5.73. The number of carbonyl (C=O) groups is 1. The van der Waals surface area contributed by atoms with Crippen LogP contribution in [-0.2, 0) is 4.79 Å². The van der Waals surface area contributed by atoms with Crippen molar-refractivity contribution in [1.82, 2.24) is 9.80 Å². The van der Waals surface area contributed by atoms with Gasteiger partial charge >= 0.3 is 0 Å². The fraction of sp³-hybridized carbons (Fsp3) is 0.500. The van der Waals surface area contributed by atoms with Gasteiger partial charge in [0.1, 0.15) is 0 Å². The molecule has 1 amide bonds. The van der Waals surface area contributed by atoms with Crippen molar-refractivity contribution in [3.63, 3.8) is 0 Å². The molecule has 1 fully saturated rings. The number of aliphatic hydroxyl groups is 1. The first-order valence-electron chi connectivity index (χ1n) is 6.79. The average Bonchev–Trinajstić information content (AvgIpc) is 2.47. The summed E-state index contributed by atoms with van der Waals surface area (Å²) in [4.78, 5) is 15.8. The number of hydrogen-bond acceptors (Lipinski definition) is 4. The van der Waals surface area contributed by atoms with Gasteiger partial charge in [-0.2, -0.15) is 0 Å². The number of ether oxygens (including phenoxy) is 1. The minimum Gasteiger partial charge on any atom is -0.481 e. The van der Waals surface area contributed by atoms with E-state index in [4.69, 9.17) is 9.84 Å². The molecule has 1 aliphatic heterocycles. The summed E-state index contributed by atoms with van der Waals surface area (Å²) in [5, 5.41) is 8.87. The molecule has 2 rings (SSSR count). The Kier molecular flexibility index (Phi) is 5.96. The number of rotatable bonds is 5. The van der Waals surface area contributed by atoms with Crippen LogP contribution in [-0.4, -0.2) is 66.8 Å². The van der Waals surface area contributed by atoms with Crippen LogP contribution in [0.1, 0.15) is 0 Å². The maximum Gasteiger partial charge on any atom is 0.260 e. The van der Waals surface area contributed by atoms with Gasteiger partial charge in [-0.05, 0) is 18.2 Å². The van der Waals surface area contributed by atoms with Crippen molar-refractivity contribution in [3.8, 4) is 5.75 Å². The van der Waals surface area contributed by atoms with E-state index in [1.807, 2.05) is 0 Å². The molecule has 1 heterocycles. The van der Waals surface area contributed by atoms with E-state index in [0.717, 1.165) is 13.1 Å². The summed E-state index contributed by atoms with van der Waals surface area (Å²) in [6.45, 7) is 3.26. The molecular formula is C14H18BrFN2O3. The molecule has 0 bridgehead atoms. The number of carbonyl (C=O) groups excluding carboxylic acids is 1. The first kappa shape index (κ1) is 16.2. The van der Waals surface area contributed by atoms with E-state index in [-0.39, 0.29) is 24.9 Å². The Hall–Kier alpha value is -1.18. The molecule has 1 aromatic rings. The minimum absolute atomic E-state index is 0.0745. The molecule has 0 unspecified atom stereocenters. The molecule has 0 saturated carbocycles. The van der Waals surface area contributed by atoms with Gasteiger partial charge in [-0.3, -0.25) is 9.69 Å². The Morgan fingerprint density at radius 1 is 1.33 bits per heavy atom. The Balaban J connectivity index is 1.80. The molecule has 1 saturated heterocycles. The molecule has 1 aliphatic rings. The van der Waals surface area contributed by atoms with Crippen molar-refractivity contribution in [2.75, 3.05) is 45.9 Å². The van der Waals surface area contributed by atoms with Crippen LogP contribution in [0.2, 0.25) is 0 Å². The van der Waals surface area contributed by atoms with Crippen LogP contribution >= 0.6 is 15.9 Å². The number of halogens is 2. The standard InChI is InChI=1S/C14H18BrFN2O3/c15-11-1-2-13(12(16)9-11)21-10-14(20)18-5-3-17(4-6-18)7-8-19/h1-2,9,19H,3-8,10H2. The van der Waals surface area contributed by atoms with Crippen LogP contribution in [0.3, 0.4) is 0 Å². The number of nitrogens with zero attached hydrogens (tertiary/aromatic N) is 2. The molecule has 21 heavy (non-hydrogen) atoms. The highest BCUT2D eigenvalue weighted by atomic mass is 79.9. The van der Waals surface area contributed by atoms with Crippen molar-refractivity contribution >= 4 is 21.8 Å². The molecule has 0 aromatic heterocycles. The van der Waals surface area contributed by atoms with Gasteiger partial charge in [0, 0.05) is 37.2 Å². The number of benzene rings is 1. The maximum atomic E-state index is 13.6. The monoisotopic (exact) mass is 360 g/mol. The molecule has 1 aromatic carbocycles. The second-order valence-electron chi connectivity index (χ2n) is 4.81. The van der Waals surface area contributed by atoms with Crippen molar-refractivity contribution in [2.24, 2.45) is 0 Å². The normalized spacial score (nSPS) is 16.0. The number of amides is 1. The van der Waals surface area contributed by atoms with Gasteiger partial charge in [0.05, 0.1) is 6.61 Å². The van der Waals surface area contributed by atoms with E-state index in [9.17, 15) is 9.18 Å². The van der Waals surface area contributed by atoms with Gasteiger partial charge in [0.15, 0.2) is 18.2 Å². The molecule has 0 aliphatic carbocycles. The molecule has 7 heteroatoms. The summed E-state index contributed by atoms with van der Waals surface area (Å²) in [6.07, 6.45) is 0. The van der Waals surface area contributed by atoms with Crippen molar-refractivity contribution in [1.29, 1.82) is 0 Å². The zero-order valence-electron chi connectivity index (χ0n) is 11.6. The summed E-state index contributed by atoms with van der Waals surface area (Å²) in [6, 6.07) is 4.45. The number of hydrogen-bond donors (Lipinski definition) is 1. The smallest absolute Gasteiger partial charge is 0.260 e. The Morgan fingerprint density at radius 3 is 2.67 bits per heavy atom. The molecule has 0 atom stereocenters. The zero-order valence-corrected chi connectivity index (χ0v) is 13.2. The Labute approximate surface area is 131 Å². The fourth-order valence-corrected chi connectivity index (χ4v) is 2.52. The van der Waals surface area contributed by atoms with E-state index in [2.05, 4.69) is 20.8 Å². The largest absolute Gasteiger partial charge is 0.481 e. The summed E-state index contributed by atoms with van der Waals surface area (Å²) in [5.74, 6) is -0.573. The van der Waals surface area contributed by atoms with E-state index in [1.54, 1.807) is 11.0 Å². The van der Waals surface area contributed by atoms with Gasteiger partial charge in [0.25, 0.3) is 5.91 Å². The van der Waals surface area contributed by atoms with Crippen molar-refractivity contribution in [2.45, 2.75) is 0 Å². The number of aliphatic hydroxyl groups excluding tert-OH is 1. The molecular weight excluding hydrogens is 343 g/mol. The first-order chi connectivity index (χ1) is 10.1. The van der Waals surface area contributed by atoms with E-state index in [0.29, 0.717) is 24.1 Å². The van der Waals surface area contributed by atoms with Crippen LogP contribution in [0.25, 0.3) is 0 Å². The predicted octanol–water partition coefficient (Wildman–Crippen LogP) is 1.10. The minimum atomic E-state index is -0.495. The van der Waals surface area contributed by atoms with Crippen LogP contribution in [0.5, 0.6) is 5.75 Å². The number of β-amino-alcohol motifs (C(OH)–C–C–N with tert-alkyl or cyclic N) is 1. The van der Waals surface area contributed by atoms with Gasteiger partial charge in [-0.25, -0.2) is 4.39 Å². The van der Waals surface area contributed by atoms with Crippen LogP contribution in [0, 0.1) is 5.82 Å². The highest BCUT2D eigenvalue weighted by Crippen LogP contribution is 2.21. The molecule has 116 valence electrons. The van der Waals surface area contributed by atoms with Gasteiger partial charge in [-0.1, -0.05) is 15.9 Å². The Bertz CT molecular complexity index is 493. The molecule has 1 N–H and O–H groups in total. The average molecular weight is 361 g/mol. The quantitative estimate of drug-likeness (QED) is 0.854. The fourth-order valence-electron chi connectivity index (χ4n) is 2.19. The van der Waals surface area contributed by atoms with Gasteiger partial charge in [-0.15, -0.1) is 0 Å². The van der Waals surface area contributed by atoms with Crippen molar-refractivity contribution < 1.29 is 19.0 Å². The SMILES string of the molecule is O=C(COc1ccc(Br)cc1F)N1CCN(CCO)CC1. The third-order valence-electron chi connectivity index (χ3n) is 3.39. The second kappa shape index (κ2) is 7.72. The lowest BCUT2D eigenvalue weighted by Gasteiger charge is -2.34. The summed E-state index contributed by atoms with van der Waals surface area (Å²) in [7, 11) is 0. The van der Waals surface area contributed by atoms with E-state index >= 15 is 0 Å². The summed E-state index contributed by atoms with van der Waals surface area (Å²) < 4.78 is 19.4. The van der Waals surface area contributed by atoms with E-state index < -0.39 is 5.82 Å². The van der Waals surface area contributed by atoms with Crippen molar-refractivity contribution in [3.05, 3.63) is 28.5 Å². The lowest BCUT2D eigenvalue weighted by atomic mass is 10.3.